The van der Waals surface area contributed by atoms with Crippen molar-refractivity contribution in [1.29, 1.82) is 0 Å². The van der Waals surface area contributed by atoms with Crippen LogP contribution in [-0.4, -0.2) is 23.4 Å². The van der Waals surface area contributed by atoms with Gasteiger partial charge in [-0.2, -0.15) is 0 Å². The van der Waals surface area contributed by atoms with Gasteiger partial charge in [0.05, 0.1) is 0 Å². The van der Waals surface area contributed by atoms with Crippen LogP contribution in [0.3, 0.4) is 0 Å². The van der Waals surface area contributed by atoms with E-state index in [2.05, 4.69) is 13.8 Å². The van der Waals surface area contributed by atoms with Gasteiger partial charge in [0.25, 0.3) is 0 Å². The van der Waals surface area contributed by atoms with Gasteiger partial charge in [-0.05, 0) is 19.8 Å². The minimum Gasteiger partial charge on any atom is -0.340 e. The van der Waals surface area contributed by atoms with E-state index in [1.807, 2.05) is 4.90 Å². The Morgan fingerprint density at radius 1 is 1.73 bits per heavy atom. The Kier molecular flexibility index (Phi) is 2.92. The van der Waals surface area contributed by atoms with Gasteiger partial charge in [-0.1, -0.05) is 13.3 Å². The molecule has 1 unspecified atom stereocenters. The summed E-state index contributed by atoms with van der Waals surface area (Å²) in [7, 11) is 0. The first-order chi connectivity index (χ1) is 5.25. The molecule has 1 aliphatic rings. The lowest BCUT2D eigenvalue weighted by atomic mass is 10.2. The highest BCUT2D eigenvalue weighted by atomic mass is 16.2. The molecule has 0 spiro atoms. The zero-order valence-corrected chi connectivity index (χ0v) is 7.18. The quantitative estimate of drug-likeness (QED) is 0.604. The Labute approximate surface area is 68.6 Å². The maximum atomic E-state index is 11.2. The van der Waals surface area contributed by atoms with E-state index in [1.54, 1.807) is 0 Å². The molecule has 63 valence electrons. The first kappa shape index (κ1) is 8.57. The monoisotopic (exact) mass is 154 g/mol. The Hall–Kier alpha value is -0.530. The van der Waals surface area contributed by atoms with Crippen LogP contribution in [-0.2, 0) is 4.79 Å². The van der Waals surface area contributed by atoms with Crippen molar-refractivity contribution in [1.82, 2.24) is 4.90 Å². The molecule has 1 fully saturated rings. The van der Waals surface area contributed by atoms with Crippen LogP contribution in [0.1, 0.15) is 32.6 Å². The van der Waals surface area contributed by atoms with Crippen LogP contribution < -0.4 is 0 Å². The van der Waals surface area contributed by atoms with Crippen molar-refractivity contribution in [2.45, 2.75) is 38.6 Å². The topological polar surface area (TPSA) is 20.3 Å². The maximum absolute atomic E-state index is 11.2. The fourth-order valence-corrected chi connectivity index (χ4v) is 1.54. The van der Waals surface area contributed by atoms with Crippen molar-refractivity contribution < 1.29 is 4.79 Å². The minimum absolute atomic E-state index is 0.218. The SMILES string of the molecule is [CH2]C(CCC)N1CCCC1=O. The van der Waals surface area contributed by atoms with E-state index < -0.39 is 0 Å². The maximum Gasteiger partial charge on any atom is 0.222 e. The van der Waals surface area contributed by atoms with E-state index >= 15 is 0 Å². The van der Waals surface area contributed by atoms with Gasteiger partial charge >= 0.3 is 0 Å². The van der Waals surface area contributed by atoms with Crippen molar-refractivity contribution in [2.75, 3.05) is 6.54 Å². The molecule has 1 rings (SSSR count). The molecular weight excluding hydrogens is 138 g/mol. The third-order valence-corrected chi connectivity index (χ3v) is 2.17. The molecular formula is C9H16NO. The number of carbonyl (C=O) groups excluding carboxylic acids is 1. The lowest BCUT2D eigenvalue weighted by Crippen LogP contribution is -2.33. The van der Waals surface area contributed by atoms with E-state index in [0.29, 0.717) is 5.91 Å². The molecule has 0 aromatic carbocycles. The van der Waals surface area contributed by atoms with Gasteiger partial charge in [-0.3, -0.25) is 4.79 Å². The standard InChI is InChI=1S/C9H16NO/c1-3-5-8(2)10-7-4-6-9(10)11/h8H,2-7H2,1H3. The first-order valence-corrected chi connectivity index (χ1v) is 4.38. The molecule has 1 atom stereocenters. The number of likely N-dealkylation sites (tertiary alicyclic amines) is 1. The van der Waals surface area contributed by atoms with E-state index in [4.69, 9.17) is 0 Å². The molecule has 0 N–H and O–H groups in total. The van der Waals surface area contributed by atoms with Crippen molar-refractivity contribution in [3.8, 4) is 0 Å². The van der Waals surface area contributed by atoms with Gasteiger partial charge in [0, 0.05) is 19.0 Å². The highest BCUT2D eigenvalue weighted by molar-refractivity contribution is 5.78. The summed E-state index contributed by atoms with van der Waals surface area (Å²) in [6.45, 7) is 7.01. The van der Waals surface area contributed by atoms with Crippen LogP contribution in [0.15, 0.2) is 0 Å². The van der Waals surface area contributed by atoms with Crippen LogP contribution in [0, 0.1) is 6.92 Å². The Balaban J connectivity index is 2.39. The number of hydrogen-bond acceptors (Lipinski definition) is 1. The minimum atomic E-state index is 0.218. The molecule has 0 saturated carbocycles. The van der Waals surface area contributed by atoms with Crippen LogP contribution >= 0.6 is 0 Å². The van der Waals surface area contributed by atoms with Gasteiger partial charge in [-0.25, -0.2) is 0 Å². The summed E-state index contributed by atoms with van der Waals surface area (Å²) < 4.78 is 0. The van der Waals surface area contributed by atoms with E-state index in [0.717, 1.165) is 32.2 Å². The van der Waals surface area contributed by atoms with Gasteiger partial charge in [0.15, 0.2) is 0 Å². The Morgan fingerprint density at radius 3 is 2.91 bits per heavy atom. The van der Waals surface area contributed by atoms with Gasteiger partial charge in [0.2, 0.25) is 5.91 Å². The molecule has 2 heteroatoms. The summed E-state index contributed by atoms with van der Waals surface area (Å²) in [5, 5.41) is 0. The van der Waals surface area contributed by atoms with Crippen LogP contribution in [0.25, 0.3) is 0 Å². The van der Waals surface area contributed by atoms with E-state index in [-0.39, 0.29) is 6.04 Å². The second-order valence-electron chi connectivity index (χ2n) is 3.13. The average molecular weight is 154 g/mol. The van der Waals surface area contributed by atoms with E-state index in [9.17, 15) is 4.79 Å². The van der Waals surface area contributed by atoms with Crippen molar-refractivity contribution in [3.63, 3.8) is 0 Å². The lowest BCUT2D eigenvalue weighted by Gasteiger charge is -2.23. The van der Waals surface area contributed by atoms with Gasteiger partial charge in [0.1, 0.15) is 0 Å². The number of amides is 1. The second kappa shape index (κ2) is 3.74. The first-order valence-electron chi connectivity index (χ1n) is 4.38. The summed E-state index contributed by atoms with van der Waals surface area (Å²) in [6, 6.07) is 0.218. The lowest BCUT2D eigenvalue weighted by molar-refractivity contribution is -0.129. The third kappa shape index (κ3) is 1.95. The van der Waals surface area contributed by atoms with Crippen molar-refractivity contribution in [2.24, 2.45) is 0 Å². The predicted octanol–water partition coefficient (Wildman–Crippen LogP) is 1.61. The van der Waals surface area contributed by atoms with Crippen LogP contribution in [0.2, 0.25) is 0 Å². The zero-order chi connectivity index (χ0) is 8.27. The molecule has 1 heterocycles. The molecule has 1 radical (unpaired) electrons. The second-order valence-corrected chi connectivity index (χ2v) is 3.13. The van der Waals surface area contributed by atoms with Crippen LogP contribution in [0.4, 0.5) is 0 Å². The summed E-state index contributed by atoms with van der Waals surface area (Å²) in [4.78, 5) is 13.1. The number of rotatable bonds is 3. The fraction of sp³-hybridized carbons (Fsp3) is 0.778. The largest absolute Gasteiger partial charge is 0.340 e. The summed E-state index contributed by atoms with van der Waals surface area (Å²) in [5.74, 6) is 0.290. The molecule has 1 amide bonds. The Bertz CT molecular complexity index is 144. The number of hydrogen-bond donors (Lipinski definition) is 0. The number of carbonyl (C=O) groups is 1. The highest BCUT2D eigenvalue weighted by Crippen LogP contribution is 2.15. The molecule has 0 bridgehead atoms. The number of nitrogens with zero attached hydrogens (tertiary/aromatic N) is 1. The van der Waals surface area contributed by atoms with E-state index in [1.165, 1.54) is 0 Å². The third-order valence-electron chi connectivity index (χ3n) is 2.17. The average Bonchev–Trinajstić information content (AvgIpc) is 2.36. The molecule has 0 aliphatic carbocycles. The van der Waals surface area contributed by atoms with Crippen LogP contribution in [0.5, 0.6) is 0 Å². The fourth-order valence-electron chi connectivity index (χ4n) is 1.54. The van der Waals surface area contributed by atoms with Gasteiger partial charge < -0.3 is 4.90 Å². The summed E-state index contributed by atoms with van der Waals surface area (Å²) in [6.07, 6.45) is 3.90. The molecule has 1 aliphatic heterocycles. The molecule has 1 saturated heterocycles. The van der Waals surface area contributed by atoms with Crippen molar-refractivity contribution in [3.05, 3.63) is 6.92 Å². The summed E-state index contributed by atoms with van der Waals surface area (Å²) >= 11 is 0. The highest BCUT2D eigenvalue weighted by Gasteiger charge is 2.23. The Morgan fingerprint density at radius 2 is 2.45 bits per heavy atom. The van der Waals surface area contributed by atoms with Crippen molar-refractivity contribution >= 4 is 5.91 Å². The van der Waals surface area contributed by atoms with Gasteiger partial charge in [-0.15, -0.1) is 0 Å². The predicted molar refractivity (Wildman–Crippen MR) is 45.0 cm³/mol. The molecule has 0 aromatic rings. The molecule has 0 aromatic heterocycles. The molecule has 2 nitrogen and oxygen atoms in total. The smallest absolute Gasteiger partial charge is 0.222 e. The molecule has 11 heavy (non-hydrogen) atoms. The normalized spacial score (nSPS) is 20.9. The summed E-state index contributed by atoms with van der Waals surface area (Å²) in [5.41, 5.74) is 0. The zero-order valence-electron chi connectivity index (χ0n) is 7.18.